The number of benzene rings is 2. The van der Waals surface area contributed by atoms with Crippen molar-refractivity contribution in [2.24, 2.45) is 0 Å². The van der Waals surface area contributed by atoms with Gasteiger partial charge in [-0.15, -0.1) is 0 Å². The van der Waals surface area contributed by atoms with Crippen LogP contribution in [-0.4, -0.2) is 5.91 Å². The van der Waals surface area contributed by atoms with Crippen LogP contribution in [0.25, 0.3) is 17.0 Å². The summed E-state index contributed by atoms with van der Waals surface area (Å²) in [5.41, 5.74) is 2.50. The zero-order valence-corrected chi connectivity index (χ0v) is 13.8. The van der Waals surface area contributed by atoms with E-state index in [0.717, 1.165) is 16.5 Å². The van der Waals surface area contributed by atoms with Crippen molar-refractivity contribution < 1.29 is 9.21 Å². The molecular weight excluding hydrogens is 333 g/mol. The average Bonchev–Trinajstić information content (AvgIpc) is 2.91. The van der Waals surface area contributed by atoms with Gasteiger partial charge >= 0.3 is 0 Å². The molecule has 0 radical (unpaired) electrons. The Morgan fingerprint density at radius 2 is 1.91 bits per heavy atom. The van der Waals surface area contributed by atoms with Gasteiger partial charge in [-0.1, -0.05) is 35.3 Å². The van der Waals surface area contributed by atoms with Gasteiger partial charge in [0.25, 0.3) is 0 Å². The number of halogens is 2. The van der Waals surface area contributed by atoms with Gasteiger partial charge < -0.3 is 9.73 Å². The predicted octanol–water partition coefficient (Wildman–Crippen LogP) is 5.70. The SMILES string of the molecule is Cc1ccc2cc(C=CC(=O)Nc3ccc(Cl)c(Cl)c3)oc2c1. The molecule has 0 spiro atoms. The van der Waals surface area contributed by atoms with E-state index in [1.54, 1.807) is 24.3 Å². The van der Waals surface area contributed by atoms with Gasteiger partial charge in [0.15, 0.2) is 0 Å². The van der Waals surface area contributed by atoms with Crippen molar-refractivity contribution in [3.63, 3.8) is 0 Å². The first-order valence-corrected chi connectivity index (χ1v) is 7.71. The number of carbonyl (C=O) groups excluding carboxylic acids is 1. The van der Waals surface area contributed by atoms with Crippen LogP contribution in [-0.2, 0) is 4.79 Å². The minimum absolute atomic E-state index is 0.278. The first-order chi connectivity index (χ1) is 11.0. The summed E-state index contributed by atoms with van der Waals surface area (Å²) in [5.74, 6) is 0.343. The van der Waals surface area contributed by atoms with E-state index in [9.17, 15) is 4.79 Å². The highest BCUT2D eigenvalue weighted by molar-refractivity contribution is 6.42. The number of fused-ring (bicyclic) bond motifs is 1. The molecule has 3 rings (SSSR count). The van der Waals surface area contributed by atoms with Crippen LogP contribution in [0.5, 0.6) is 0 Å². The summed E-state index contributed by atoms with van der Waals surface area (Å²) in [5, 5.41) is 4.55. The number of aryl methyl sites for hydroxylation is 1. The summed E-state index contributed by atoms with van der Waals surface area (Å²) in [6.45, 7) is 2.00. The lowest BCUT2D eigenvalue weighted by molar-refractivity contribution is -0.111. The molecule has 1 N–H and O–H groups in total. The zero-order chi connectivity index (χ0) is 16.4. The largest absolute Gasteiger partial charge is 0.457 e. The summed E-state index contributed by atoms with van der Waals surface area (Å²) in [6, 6.07) is 12.8. The number of hydrogen-bond acceptors (Lipinski definition) is 2. The molecule has 0 saturated heterocycles. The van der Waals surface area contributed by atoms with Crippen molar-refractivity contribution in [1.82, 2.24) is 0 Å². The van der Waals surface area contributed by atoms with E-state index < -0.39 is 0 Å². The third-order valence-corrected chi connectivity index (χ3v) is 4.02. The molecule has 1 amide bonds. The van der Waals surface area contributed by atoms with Gasteiger partial charge in [0.05, 0.1) is 10.0 Å². The summed E-state index contributed by atoms with van der Waals surface area (Å²) in [4.78, 5) is 11.9. The fourth-order valence-electron chi connectivity index (χ4n) is 2.16. The van der Waals surface area contributed by atoms with Crippen LogP contribution >= 0.6 is 23.2 Å². The van der Waals surface area contributed by atoms with Crippen LogP contribution in [0.2, 0.25) is 10.0 Å². The van der Waals surface area contributed by atoms with Crippen LogP contribution in [0.4, 0.5) is 5.69 Å². The maximum absolute atomic E-state index is 11.9. The van der Waals surface area contributed by atoms with Gasteiger partial charge in [-0.25, -0.2) is 0 Å². The van der Waals surface area contributed by atoms with Crippen LogP contribution in [0.1, 0.15) is 11.3 Å². The maximum Gasteiger partial charge on any atom is 0.248 e. The molecular formula is C18H13Cl2NO2. The van der Waals surface area contributed by atoms with Crippen LogP contribution in [0.15, 0.2) is 53.0 Å². The van der Waals surface area contributed by atoms with E-state index in [1.807, 2.05) is 31.2 Å². The van der Waals surface area contributed by atoms with Crippen LogP contribution in [0, 0.1) is 6.92 Å². The molecule has 0 aliphatic rings. The van der Waals surface area contributed by atoms with E-state index in [4.69, 9.17) is 27.6 Å². The number of amides is 1. The summed E-state index contributed by atoms with van der Waals surface area (Å²) >= 11 is 11.7. The number of anilines is 1. The van der Waals surface area contributed by atoms with E-state index in [-0.39, 0.29) is 5.91 Å². The lowest BCUT2D eigenvalue weighted by atomic mass is 10.2. The molecule has 2 aromatic carbocycles. The summed E-state index contributed by atoms with van der Waals surface area (Å²) in [6.07, 6.45) is 3.04. The Labute approximate surface area is 143 Å². The molecule has 0 bridgehead atoms. The molecule has 3 aromatic rings. The Bertz CT molecular complexity index is 913. The van der Waals surface area contributed by atoms with Gasteiger partial charge in [0.2, 0.25) is 5.91 Å². The minimum Gasteiger partial charge on any atom is -0.457 e. The lowest BCUT2D eigenvalue weighted by Crippen LogP contribution is -2.07. The maximum atomic E-state index is 11.9. The highest BCUT2D eigenvalue weighted by Crippen LogP contribution is 2.25. The van der Waals surface area contributed by atoms with Gasteiger partial charge in [-0.2, -0.15) is 0 Å². The Balaban J connectivity index is 1.72. The number of nitrogens with one attached hydrogen (secondary N) is 1. The predicted molar refractivity (Wildman–Crippen MR) is 95.1 cm³/mol. The average molecular weight is 346 g/mol. The first kappa shape index (κ1) is 15.7. The molecule has 0 atom stereocenters. The molecule has 0 aliphatic heterocycles. The quantitative estimate of drug-likeness (QED) is 0.618. The van der Waals surface area contributed by atoms with Gasteiger partial charge in [-0.3, -0.25) is 4.79 Å². The zero-order valence-electron chi connectivity index (χ0n) is 12.3. The molecule has 23 heavy (non-hydrogen) atoms. The van der Waals surface area contributed by atoms with Gasteiger partial charge in [-0.05, 0) is 48.9 Å². The Morgan fingerprint density at radius 1 is 1.09 bits per heavy atom. The van der Waals surface area contributed by atoms with Crippen molar-refractivity contribution >= 4 is 51.8 Å². The third-order valence-electron chi connectivity index (χ3n) is 3.28. The summed E-state index contributed by atoms with van der Waals surface area (Å²) < 4.78 is 5.68. The topological polar surface area (TPSA) is 42.2 Å². The molecule has 1 heterocycles. The first-order valence-electron chi connectivity index (χ1n) is 6.95. The fourth-order valence-corrected chi connectivity index (χ4v) is 2.45. The normalized spacial score (nSPS) is 11.3. The monoisotopic (exact) mass is 345 g/mol. The molecule has 3 nitrogen and oxygen atoms in total. The van der Waals surface area contributed by atoms with Crippen molar-refractivity contribution in [3.8, 4) is 0 Å². The smallest absolute Gasteiger partial charge is 0.248 e. The molecule has 0 aliphatic carbocycles. The molecule has 1 aromatic heterocycles. The van der Waals surface area contributed by atoms with Crippen molar-refractivity contribution in [3.05, 3.63) is 69.9 Å². The molecule has 0 unspecified atom stereocenters. The van der Waals surface area contributed by atoms with E-state index in [0.29, 0.717) is 21.5 Å². The number of hydrogen-bond donors (Lipinski definition) is 1. The van der Waals surface area contributed by atoms with Gasteiger partial charge in [0.1, 0.15) is 11.3 Å². The van der Waals surface area contributed by atoms with Crippen LogP contribution < -0.4 is 5.32 Å². The second-order valence-electron chi connectivity index (χ2n) is 5.14. The summed E-state index contributed by atoms with van der Waals surface area (Å²) in [7, 11) is 0. The highest BCUT2D eigenvalue weighted by atomic mass is 35.5. The Hall–Kier alpha value is -2.23. The van der Waals surface area contributed by atoms with Crippen molar-refractivity contribution in [2.75, 3.05) is 5.32 Å². The minimum atomic E-state index is -0.278. The Morgan fingerprint density at radius 3 is 2.70 bits per heavy atom. The standard InChI is InChI=1S/C18H13Cl2NO2/c1-11-2-3-12-9-14(23-17(12)8-11)5-7-18(22)21-13-4-6-15(19)16(20)10-13/h2-10H,1H3,(H,21,22). The fraction of sp³-hybridized carbons (Fsp3) is 0.0556. The second-order valence-corrected chi connectivity index (χ2v) is 5.96. The number of carbonyl (C=O) groups is 1. The molecule has 0 fully saturated rings. The number of rotatable bonds is 3. The third kappa shape index (κ3) is 3.76. The molecule has 116 valence electrons. The van der Waals surface area contributed by atoms with E-state index in [2.05, 4.69) is 5.32 Å². The highest BCUT2D eigenvalue weighted by Gasteiger charge is 2.04. The van der Waals surface area contributed by atoms with E-state index in [1.165, 1.54) is 6.08 Å². The van der Waals surface area contributed by atoms with Crippen LogP contribution in [0.3, 0.4) is 0 Å². The lowest BCUT2D eigenvalue weighted by Gasteiger charge is -2.03. The molecule has 0 saturated carbocycles. The van der Waals surface area contributed by atoms with E-state index >= 15 is 0 Å². The van der Waals surface area contributed by atoms with Crippen molar-refractivity contribution in [2.45, 2.75) is 6.92 Å². The second kappa shape index (κ2) is 6.49. The molecule has 5 heteroatoms. The number of furan rings is 1. The Kier molecular flexibility index (Phi) is 4.42. The van der Waals surface area contributed by atoms with Gasteiger partial charge in [0, 0.05) is 17.1 Å². The van der Waals surface area contributed by atoms with Crippen molar-refractivity contribution in [1.29, 1.82) is 0 Å².